The first-order valence-electron chi connectivity index (χ1n) is 6.86. The number of esters is 1. The minimum atomic E-state index is -0.386. The summed E-state index contributed by atoms with van der Waals surface area (Å²) in [6.45, 7) is 7.56. The van der Waals surface area contributed by atoms with Gasteiger partial charge in [0.25, 0.3) is 0 Å². The van der Waals surface area contributed by atoms with Gasteiger partial charge >= 0.3 is 5.97 Å². The first-order valence-corrected chi connectivity index (χ1v) is 6.86. The average Bonchev–Trinajstić information content (AvgIpc) is 2.43. The van der Waals surface area contributed by atoms with Crippen LogP contribution in [0.5, 0.6) is 0 Å². The maximum Gasteiger partial charge on any atom is 0.357 e. The summed E-state index contributed by atoms with van der Waals surface area (Å²) in [6.07, 6.45) is 2.40. The lowest BCUT2D eigenvalue weighted by atomic mass is 9.97. The monoisotopic (exact) mass is 279 g/mol. The van der Waals surface area contributed by atoms with Crippen molar-refractivity contribution in [3.05, 3.63) is 17.5 Å². The topological polar surface area (TPSA) is 64.5 Å². The number of aryl methyl sites for hydroxylation is 1. The number of carbonyl (C=O) groups is 1. The molecule has 1 aliphatic rings. The summed E-state index contributed by atoms with van der Waals surface area (Å²) in [5.74, 6) is 0.169. The fourth-order valence-electron chi connectivity index (χ4n) is 2.22. The first-order chi connectivity index (χ1) is 9.53. The third-order valence-electron chi connectivity index (χ3n) is 3.53. The van der Waals surface area contributed by atoms with Crippen molar-refractivity contribution in [1.29, 1.82) is 0 Å². The van der Waals surface area contributed by atoms with E-state index in [1.807, 2.05) is 18.7 Å². The summed E-state index contributed by atoms with van der Waals surface area (Å²) < 4.78 is 10.4. The average molecular weight is 279 g/mol. The number of methoxy groups -OCH3 is 1. The fourth-order valence-corrected chi connectivity index (χ4v) is 2.22. The molecule has 1 fully saturated rings. The molecule has 0 aromatic carbocycles. The number of nitrogens with zero attached hydrogens (tertiary/aromatic N) is 3. The predicted molar refractivity (Wildman–Crippen MR) is 75.0 cm³/mol. The van der Waals surface area contributed by atoms with Gasteiger partial charge in [-0.3, -0.25) is 0 Å². The highest BCUT2D eigenvalue weighted by atomic mass is 16.5. The molecule has 1 aliphatic heterocycles. The number of carbonyl (C=O) groups excluding carboxylic acids is 1. The van der Waals surface area contributed by atoms with Gasteiger partial charge in [0.1, 0.15) is 5.60 Å². The Morgan fingerprint density at radius 1 is 1.45 bits per heavy atom. The van der Waals surface area contributed by atoms with Crippen molar-refractivity contribution in [1.82, 2.24) is 9.97 Å². The van der Waals surface area contributed by atoms with E-state index in [0.29, 0.717) is 24.7 Å². The number of ether oxygens (including phenoxy) is 2. The second-order valence-electron chi connectivity index (χ2n) is 5.13. The van der Waals surface area contributed by atoms with Gasteiger partial charge in [-0.05, 0) is 20.3 Å². The molecule has 0 unspecified atom stereocenters. The Morgan fingerprint density at radius 3 is 2.70 bits per heavy atom. The highest BCUT2D eigenvalue weighted by molar-refractivity contribution is 5.89. The number of hydrogen-bond acceptors (Lipinski definition) is 6. The third-order valence-corrected chi connectivity index (χ3v) is 3.53. The first kappa shape index (κ1) is 14.7. The predicted octanol–water partition coefficient (Wildman–Crippen LogP) is 1.44. The molecule has 0 amide bonds. The van der Waals surface area contributed by atoms with Crippen LogP contribution in [-0.2, 0) is 15.9 Å². The molecule has 2 heterocycles. The van der Waals surface area contributed by atoms with Crippen LogP contribution in [0.2, 0.25) is 0 Å². The van der Waals surface area contributed by atoms with Gasteiger partial charge in [-0.25, -0.2) is 14.8 Å². The van der Waals surface area contributed by atoms with E-state index in [-0.39, 0.29) is 11.6 Å². The molecule has 0 atom stereocenters. The number of anilines is 1. The molecule has 1 aromatic heterocycles. The van der Waals surface area contributed by atoms with E-state index >= 15 is 0 Å². The van der Waals surface area contributed by atoms with Gasteiger partial charge in [0, 0.05) is 18.9 Å². The van der Waals surface area contributed by atoms with E-state index in [1.165, 1.54) is 0 Å². The lowest BCUT2D eigenvalue weighted by molar-refractivity contribution is -0.0175. The van der Waals surface area contributed by atoms with E-state index in [0.717, 1.165) is 18.7 Å². The number of rotatable bonds is 5. The maximum absolute atomic E-state index is 11.9. The van der Waals surface area contributed by atoms with Crippen LogP contribution in [0.15, 0.2) is 6.20 Å². The zero-order chi connectivity index (χ0) is 14.8. The van der Waals surface area contributed by atoms with E-state index in [1.54, 1.807) is 20.2 Å². The maximum atomic E-state index is 11.9. The Kier molecular flexibility index (Phi) is 4.23. The minimum absolute atomic E-state index is 0.156. The summed E-state index contributed by atoms with van der Waals surface area (Å²) in [4.78, 5) is 22.6. The molecule has 2 rings (SSSR count). The van der Waals surface area contributed by atoms with Crippen molar-refractivity contribution >= 4 is 11.9 Å². The Hall–Kier alpha value is -1.69. The summed E-state index contributed by atoms with van der Waals surface area (Å²) in [6, 6.07) is 0. The largest absolute Gasteiger partial charge is 0.461 e. The van der Waals surface area contributed by atoms with Crippen LogP contribution >= 0.6 is 0 Å². The SMILES string of the molecule is CCOC(=O)c1nc(N2CC(C)(OC)C2)ncc1CC. The normalized spacial score (nSPS) is 16.7. The molecule has 20 heavy (non-hydrogen) atoms. The van der Waals surface area contributed by atoms with Crippen molar-refractivity contribution in [2.24, 2.45) is 0 Å². The van der Waals surface area contributed by atoms with Crippen molar-refractivity contribution in [3.8, 4) is 0 Å². The summed E-state index contributed by atoms with van der Waals surface area (Å²) in [7, 11) is 1.70. The second kappa shape index (κ2) is 5.75. The van der Waals surface area contributed by atoms with E-state index in [4.69, 9.17) is 9.47 Å². The van der Waals surface area contributed by atoms with Crippen LogP contribution in [0, 0.1) is 0 Å². The molecule has 1 saturated heterocycles. The van der Waals surface area contributed by atoms with E-state index in [2.05, 4.69) is 9.97 Å². The van der Waals surface area contributed by atoms with E-state index < -0.39 is 0 Å². The minimum Gasteiger partial charge on any atom is -0.461 e. The zero-order valence-corrected chi connectivity index (χ0v) is 12.5. The highest BCUT2D eigenvalue weighted by Crippen LogP contribution is 2.27. The lowest BCUT2D eigenvalue weighted by Gasteiger charge is -2.46. The fraction of sp³-hybridized carbons (Fsp3) is 0.643. The molecule has 0 radical (unpaired) electrons. The van der Waals surface area contributed by atoms with Crippen LogP contribution in [0.25, 0.3) is 0 Å². The van der Waals surface area contributed by atoms with Crippen LogP contribution in [0.4, 0.5) is 5.95 Å². The molecule has 6 nitrogen and oxygen atoms in total. The molecular formula is C14H21N3O3. The van der Waals surface area contributed by atoms with Crippen LogP contribution in [0.3, 0.4) is 0 Å². The van der Waals surface area contributed by atoms with Gasteiger partial charge in [-0.2, -0.15) is 0 Å². The summed E-state index contributed by atoms with van der Waals surface area (Å²) in [5.41, 5.74) is 1.02. The van der Waals surface area contributed by atoms with E-state index in [9.17, 15) is 4.79 Å². The van der Waals surface area contributed by atoms with Gasteiger partial charge in [0.2, 0.25) is 5.95 Å². The highest BCUT2D eigenvalue weighted by Gasteiger charge is 2.40. The molecular weight excluding hydrogens is 258 g/mol. The standard InChI is InChI=1S/C14H21N3O3/c1-5-10-7-15-13(16-11(10)12(18)20-6-2)17-8-14(3,9-17)19-4/h7H,5-6,8-9H2,1-4H3. The number of hydrogen-bond donors (Lipinski definition) is 0. The lowest BCUT2D eigenvalue weighted by Crippen LogP contribution is -2.61. The van der Waals surface area contributed by atoms with Crippen LogP contribution in [0.1, 0.15) is 36.8 Å². The van der Waals surface area contributed by atoms with Gasteiger partial charge in [0.15, 0.2) is 5.69 Å². The van der Waals surface area contributed by atoms with Crippen molar-refractivity contribution < 1.29 is 14.3 Å². The van der Waals surface area contributed by atoms with Crippen molar-refractivity contribution in [2.75, 3.05) is 31.7 Å². The third kappa shape index (κ3) is 2.75. The molecule has 110 valence electrons. The molecule has 0 spiro atoms. The van der Waals surface area contributed by atoms with Gasteiger partial charge in [0.05, 0.1) is 19.7 Å². The second-order valence-corrected chi connectivity index (χ2v) is 5.13. The smallest absolute Gasteiger partial charge is 0.357 e. The van der Waals surface area contributed by atoms with Crippen molar-refractivity contribution in [3.63, 3.8) is 0 Å². The summed E-state index contributed by atoms with van der Waals surface area (Å²) >= 11 is 0. The summed E-state index contributed by atoms with van der Waals surface area (Å²) in [5, 5.41) is 0. The Bertz CT molecular complexity index is 498. The van der Waals surface area contributed by atoms with Crippen LogP contribution in [-0.4, -0.2) is 48.3 Å². The molecule has 6 heteroatoms. The molecule has 0 N–H and O–H groups in total. The zero-order valence-electron chi connectivity index (χ0n) is 12.5. The molecule has 0 saturated carbocycles. The van der Waals surface area contributed by atoms with Gasteiger partial charge < -0.3 is 14.4 Å². The Labute approximate surface area is 119 Å². The molecule has 1 aromatic rings. The quantitative estimate of drug-likeness (QED) is 0.760. The van der Waals surface area contributed by atoms with Gasteiger partial charge in [-0.1, -0.05) is 6.92 Å². The Morgan fingerprint density at radius 2 is 2.15 bits per heavy atom. The molecule has 0 aliphatic carbocycles. The van der Waals surface area contributed by atoms with Crippen LogP contribution < -0.4 is 4.90 Å². The van der Waals surface area contributed by atoms with Gasteiger partial charge in [-0.15, -0.1) is 0 Å². The Balaban J connectivity index is 2.20. The van der Waals surface area contributed by atoms with Crippen molar-refractivity contribution in [2.45, 2.75) is 32.8 Å². The molecule has 0 bridgehead atoms. The number of aromatic nitrogens is 2.